The molecule has 3 rings (SSSR count). The van der Waals surface area contributed by atoms with Crippen LogP contribution in [0.1, 0.15) is 5.56 Å². The molecule has 0 amide bonds. The van der Waals surface area contributed by atoms with E-state index in [1.54, 1.807) is 6.33 Å². The fourth-order valence-corrected chi connectivity index (χ4v) is 1.81. The Labute approximate surface area is 93.2 Å². The molecule has 1 N–H and O–H groups in total. The Kier molecular flexibility index (Phi) is 1.96. The molecule has 0 saturated heterocycles. The van der Waals surface area contributed by atoms with Crippen LogP contribution in [-0.4, -0.2) is 15.0 Å². The molecule has 0 unspecified atom stereocenters. The van der Waals surface area contributed by atoms with E-state index in [1.807, 2.05) is 12.3 Å². The maximum Gasteiger partial charge on any atom is 0.141 e. The van der Waals surface area contributed by atoms with E-state index in [9.17, 15) is 0 Å². The SMILES string of the molecule is Cc1ccc(-c2ncnc3[nH]ccc23)cc1. The van der Waals surface area contributed by atoms with Crippen LogP contribution in [0.25, 0.3) is 22.3 Å². The monoisotopic (exact) mass is 209 g/mol. The summed E-state index contributed by atoms with van der Waals surface area (Å²) in [5, 5.41) is 1.06. The summed E-state index contributed by atoms with van der Waals surface area (Å²) in [6, 6.07) is 10.4. The van der Waals surface area contributed by atoms with E-state index in [4.69, 9.17) is 0 Å². The molecule has 0 bridgehead atoms. The summed E-state index contributed by atoms with van der Waals surface area (Å²) in [6.07, 6.45) is 3.48. The molecule has 0 radical (unpaired) electrons. The van der Waals surface area contributed by atoms with Crippen molar-refractivity contribution in [3.63, 3.8) is 0 Å². The lowest BCUT2D eigenvalue weighted by molar-refractivity contribution is 1.20. The fourth-order valence-electron chi connectivity index (χ4n) is 1.81. The van der Waals surface area contributed by atoms with Gasteiger partial charge in [-0.2, -0.15) is 0 Å². The quantitative estimate of drug-likeness (QED) is 0.669. The van der Waals surface area contributed by atoms with Crippen LogP contribution in [0.15, 0.2) is 42.9 Å². The Morgan fingerprint density at radius 1 is 1.00 bits per heavy atom. The van der Waals surface area contributed by atoms with Gasteiger partial charge >= 0.3 is 0 Å². The van der Waals surface area contributed by atoms with Gasteiger partial charge in [0.25, 0.3) is 0 Å². The van der Waals surface area contributed by atoms with Gasteiger partial charge in [0, 0.05) is 17.1 Å². The van der Waals surface area contributed by atoms with Crippen LogP contribution >= 0.6 is 0 Å². The highest BCUT2D eigenvalue weighted by Gasteiger charge is 2.05. The molecular weight excluding hydrogens is 198 g/mol. The van der Waals surface area contributed by atoms with Gasteiger partial charge in [-0.25, -0.2) is 9.97 Å². The normalized spacial score (nSPS) is 10.8. The first-order valence-electron chi connectivity index (χ1n) is 5.20. The van der Waals surface area contributed by atoms with E-state index in [0.29, 0.717) is 0 Å². The molecule has 16 heavy (non-hydrogen) atoms. The van der Waals surface area contributed by atoms with Crippen LogP contribution in [0.3, 0.4) is 0 Å². The number of aromatic nitrogens is 3. The summed E-state index contributed by atoms with van der Waals surface area (Å²) in [6.45, 7) is 2.08. The summed E-state index contributed by atoms with van der Waals surface area (Å²) in [4.78, 5) is 11.6. The molecule has 0 aliphatic carbocycles. The van der Waals surface area contributed by atoms with Crippen molar-refractivity contribution in [3.8, 4) is 11.3 Å². The summed E-state index contributed by atoms with van der Waals surface area (Å²) in [5.74, 6) is 0. The predicted octanol–water partition coefficient (Wildman–Crippen LogP) is 2.93. The van der Waals surface area contributed by atoms with Crippen molar-refractivity contribution in [1.82, 2.24) is 15.0 Å². The summed E-state index contributed by atoms with van der Waals surface area (Å²) in [7, 11) is 0. The van der Waals surface area contributed by atoms with Gasteiger partial charge in [-0.05, 0) is 13.0 Å². The zero-order valence-electron chi connectivity index (χ0n) is 8.94. The number of nitrogens with one attached hydrogen (secondary N) is 1. The Morgan fingerprint density at radius 3 is 2.62 bits per heavy atom. The van der Waals surface area contributed by atoms with Crippen molar-refractivity contribution in [1.29, 1.82) is 0 Å². The minimum atomic E-state index is 0.880. The summed E-state index contributed by atoms with van der Waals surface area (Å²) in [5.41, 5.74) is 4.23. The van der Waals surface area contributed by atoms with Crippen LogP contribution in [0, 0.1) is 6.92 Å². The lowest BCUT2D eigenvalue weighted by Gasteiger charge is -2.02. The third kappa shape index (κ3) is 1.37. The van der Waals surface area contributed by atoms with Crippen molar-refractivity contribution in [2.75, 3.05) is 0 Å². The van der Waals surface area contributed by atoms with Gasteiger partial charge in [0.2, 0.25) is 0 Å². The van der Waals surface area contributed by atoms with E-state index in [-0.39, 0.29) is 0 Å². The molecule has 2 heterocycles. The maximum absolute atomic E-state index is 4.35. The highest BCUT2D eigenvalue weighted by molar-refractivity contribution is 5.90. The molecular formula is C13H11N3. The number of aromatic amines is 1. The molecule has 3 aromatic rings. The average molecular weight is 209 g/mol. The first kappa shape index (κ1) is 9.09. The second kappa shape index (κ2) is 3.45. The third-order valence-corrected chi connectivity index (χ3v) is 2.68. The van der Waals surface area contributed by atoms with Crippen LogP contribution < -0.4 is 0 Å². The minimum Gasteiger partial charge on any atom is -0.346 e. The molecule has 0 atom stereocenters. The standard InChI is InChI=1S/C13H11N3/c1-9-2-4-10(5-3-9)12-11-6-7-14-13(11)16-8-15-12/h2-8H,1H3,(H,14,15,16). The number of hydrogen-bond acceptors (Lipinski definition) is 2. The first-order valence-corrected chi connectivity index (χ1v) is 5.20. The first-order chi connectivity index (χ1) is 7.84. The Morgan fingerprint density at radius 2 is 1.81 bits per heavy atom. The summed E-state index contributed by atoms with van der Waals surface area (Å²) < 4.78 is 0. The van der Waals surface area contributed by atoms with E-state index in [0.717, 1.165) is 22.3 Å². The third-order valence-electron chi connectivity index (χ3n) is 2.68. The van der Waals surface area contributed by atoms with Gasteiger partial charge in [-0.3, -0.25) is 0 Å². The largest absolute Gasteiger partial charge is 0.346 e. The van der Waals surface area contributed by atoms with Crippen molar-refractivity contribution in [2.45, 2.75) is 6.92 Å². The highest BCUT2D eigenvalue weighted by atomic mass is 14.9. The minimum absolute atomic E-state index is 0.880. The predicted molar refractivity (Wildman–Crippen MR) is 64.1 cm³/mol. The highest BCUT2D eigenvalue weighted by Crippen LogP contribution is 2.24. The molecule has 1 aromatic carbocycles. The molecule has 3 heteroatoms. The average Bonchev–Trinajstić information content (AvgIpc) is 2.78. The Balaban J connectivity index is 2.25. The van der Waals surface area contributed by atoms with Gasteiger partial charge < -0.3 is 4.98 Å². The molecule has 0 aliphatic heterocycles. The number of aryl methyl sites for hydroxylation is 1. The van der Waals surface area contributed by atoms with E-state index < -0.39 is 0 Å². The molecule has 0 spiro atoms. The second-order valence-corrected chi connectivity index (χ2v) is 3.83. The van der Waals surface area contributed by atoms with E-state index in [2.05, 4.69) is 46.1 Å². The van der Waals surface area contributed by atoms with E-state index in [1.165, 1.54) is 5.56 Å². The van der Waals surface area contributed by atoms with Crippen LogP contribution in [0.5, 0.6) is 0 Å². The van der Waals surface area contributed by atoms with Gasteiger partial charge in [0.1, 0.15) is 12.0 Å². The number of H-pyrrole nitrogens is 1. The van der Waals surface area contributed by atoms with Crippen LogP contribution in [0.2, 0.25) is 0 Å². The smallest absolute Gasteiger partial charge is 0.141 e. The fraction of sp³-hybridized carbons (Fsp3) is 0.0769. The van der Waals surface area contributed by atoms with Crippen molar-refractivity contribution in [3.05, 3.63) is 48.4 Å². The number of hydrogen-bond donors (Lipinski definition) is 1. The lowest BCUT2D eigenvalue weighted by atomic mass is 10.1. The van der Waals surface area contributed by atoms with Crippen molar-refractivity contribution >= 4 is 11.0 Å². The number of benzene rings is 1. The summed E-state index contributed by atoms with van der Waals surface area (Å²) >= 11 is 0. The zero-order chi connectivity index (χ0) is 11.0. The molecule has 0 saturated carbocycles. The lowest BCUT2D eigenvalue weighted by Crippen LogP contribution is -1.87. The van der Waals surface area contributed by atoms with E-state index >= 15 is 0 Å². The van der Waals surface area contributed by atoms with Gasteiger partial charge in [-0.15, -0.1) is 0 Å². The van der Waals surface area contributed by atoms with Crippen molar-refractivity contribution < 1.29 is 0 Å². The topological polar surface area (TPSA) is 41.6 Å². The second-order valence-electron chi connectivity index (χ2n) is 3.83. The molecule has 0 fully saturated rings. The Bertz CT molecular complexity index is 623. The van der Waals surface area contributed by atoms with Crippen molar-refractivity contribution in [2.24, 2.45) is 0 Å². The molecule has 3 nitrogen and oxygen atoms in total. The molecule has 0 aliphatic rings. The van der Waals surface area contributed by atoms with Crippen LogP contribution in [0.4, 0.5) is 0 Å². The van der Waals surface area contributed by atoms with Gasteiger partial charge in [-0.1, -0.05) is 29.8 Å². The zero-order valence-corrected chi connectivity index (χ0v) is 8.94. The van der Waals surface area contributed by atoms with Crippen LogP contribution in [-0.2, 0) is 0 Å². The Hall–Kier alpha value is -2.16. The molecule has 78 valence electrons. The van der Waals surface area contributed by atoms with Gasteiger partial charge in [0.15, 0.2) is 0 Å². The maximum atomic E-state index is 4.35. The van der Waals surface area contributed by atoms with Gasteiger partial charge in [0.05, 0.1) is 5.69 Å². The number of nitrogens with zero attached hydrogens (tertiary/aromatic N) is 2. The number of fused-ring (bicyclic) bond motifs is 1. The number of rotatable bonds is 1. The molecule has 2 aromatic heterocycles.